The van der Waals surface area contributed by atoms with Crippen molar-refractivity contribution in [2.45, 2.75) is 51.9 Å². The minimum Gasteiger partial charge on any atom is -0.0888 e. The summed E-state index contributed by atoms with van der Waals surface area (Å²) in [7, 11) is 0. The van der Waals surface area contributed by atoms with Crippen LogP contribution in [0.5, 0.6) is 0 Å². The summed E-state index contributed by atoms with van der Waals surface area (Å²) in [5.41, 5.74) is 0. The van der Waals surface area contributed by atoms with E-state index in [1.54, 1.807) is 0 Å². The monoisotopic (exact) mass is 280 g/mol. The van der Waals surface area contributed by atoms with Gasteiger partial charge in [-0.1, -0.05) is 60.9 Å². The lowest BCUT2D eigenvalue weighted by molar-refractivity contribution is 0.642. The molecule has 0 heterocycles. The Morgan fingerprint density at radius 2 is 1.58 bits per heavy atom. The summed E-state index contributed by atoms with van der Waals surface area (Å²) in [4.78, 5) is 0. The number of halogens is 1. The molecule has 0 nitrogen and oxygen atoms in total. The Morgan fingerprint density at radius 1 is 0.917 bits per heavy atom. The van der Waals surface area contributed by atoms with Crippen molar-refractivity contribution in [2.75, 3.05) is 4.43 Å². The molecule has 0 aromatic carbocycles. The van der Waals surface area contributed by atoms with Gasteiger partial charge < -0.3 is 0 Å². The molecule has 1 heteroatoms. The molecule has 0 fully saturated rings. The van der Waals surface area contributed by atoms with E-state index >= 15 is 0 Å². The van der Waals surface area contributed by atoms with Crippen LogP contribution in [-0.4, -0.2) is 4.43 Å². The Hall–Kier alpha value is 0.470. The Labute approximate surface area is 91.0 Å². The molecule has 0 amide bonds. The van der Waals surface area contributed by atoms with E-state index < -0.39 is 0 Å². The van der Waals surface area contributed by atoms with Crippen LogP contribution in [0.4, 0.5) is 0 Å². The molecular weight excluding hydrogens is 259 g/mol. The predicted octanol–water partition coefficient (Wildman–Crippen LogP) is 4.73. The topological polar surface area (TPSA) is 0 Å². The zero-order chi connectivity index (χ0) is 9.07. The SMILES string of the molecule is CC/C=C/CCCCCCCI. The average Bonchev–Trinajstić information content (AvgIpc) is 2.10. The smallest absolute Gasteiger partial charge is 0.000473 e. The Kier molecular flexibility index (Phi) is 11.9. The number of hydrogen-bond acceptors (Lipinski definition) is 0. The van der Waals surface area contributed by atoms with Gasteiger partial charge in [0.15, 0.2) is 0 Å². The van der Waals surface area contributed by atoms with Crippen LogP contribution in [0.1, 0.15) is 51.9 Å². The van der Waals surface area contributed by atoms with Crippen molar-refractivity contribution in [3.05, 3.63) is 12.2 Å². The summed E-state index contributed by atoms with van der Waals surface area (Å²) in [6, 6.07) is 0. The third kappa shape index (κ3) is 10.5. The molecule has 0 aromatic heterocycles. The van der Waals surface area contributed by atoms with E-state index in [9.17, 15) is 0 Å². The standard InChI is InChI=1S/C11H21I/c1-2-3-4-5-6-7-8-9-10-11-12/h3-4H,2,5-11H2,1H3/b4-3+. The van der Waals surface area contributed by atoms with Crippen molar-refractivity contribution in [1.29, 1.82) is 0 Å². The van der Waals surface area contributed by atoms with Gasteiger partial charge in [-0.3, -0.25) is 0 Å². The van der Waals surface area contributed by atoms with E-state index in [4.69, 9.17) is 0 Å². The molecule has 0 aliphatic heterocycles. The van der Waals surface area contributed by atoms with Crippen molar-refractivity contribution in [3.8, 4) is 0 Å². The first-order chi connectivity index (χ1) is 5.91. The molecule has 0 saturated heterocycles. The van der Waals surface area contributed by atoms with E-state index in [0.29, 0.717) is 0 Å². The zero-order valence-electron chi connectivity index (χ0n) is 8.19. The van der Waals surface area contributed by atoms with Crippen LogP contribution in [0.25, 0.3) is 0 Å². The largest absolute Gasteiger partial charge is 0.0888 e. The molecule has 12 heavy (non-hydrogen) atoms. The van der Waals surface area contributed by atoms with Gasteiger partial charge in [0.25, 0.3) is 0 Å². The third-order valence-corrected chi connectivity index (χ3v) is 2.67. The van der Waals surface area contributed by atoms with E-state index in [1.807, 2.05) is 0 Å². The van der Waals surface area contributed by atoms with Gasteiger partial charge in [-0.2, -0.15) is 0 Å². The number of rotatable bonds is 8. The predicted molar refractivity (Wildman–Crippen MR) is 66.0 cm³/mol. The molecule has 0 saturated carbocycles. The maximum absolute atomic E-state index is 2.46. The van der Waals surface area contributed by atoms with Crippen LogP contribution in [-0.2, 0) is 0 Å². The fraction of sp³-hybridized carbons (Fsp3) is 0.818. The molecule has 0 bridgehead atoms. The number of hydrogen-bond donors (Lipinski definition) is 0. The lowest BCUT2D eigenvalue weighted by atomic mass is 10.1. The highest BCUT2D eigenvalue weighted by Gasteiger charge is 1.87. The van der Waals surface area contributed by atoms with E-state index in [-0.39, 0.29) is 0 Å². The minimum absolute atomic E-state index is 1.19. The Bertz CT molecular complexity index is 97.2. The molecule has 0 atom stereocenters. The van der Waals surface area contributed by atoms with Crippen molar-refractivity contribution >= 4 is 22.6 Å². The molecule has 0 spiro atoms. The second-order valence-electron chi connectivity index (χ2n) is 3.13. The average molecular weight is 280 g/mol. The highest BCUT2D eigenvalue weighted by atomic mass is 127. The van der Waals surface area contributed by atoms with Gasteiger partial charge in [-0.05, 0) is 30.1 Å². The fourth-order valence-corrected chi connectivity index (χ4v) is 1.71. The van der Waals surface area contributed by atoms with E-state index in [1.165, 1.54) is 49.4 Å². The van der Waals surface area contributed by atoms with Crippen LogP contribution < -0.4 is 0 Å². The summed E-state index contributed by atoms with van der Waals surface area (Å²) in [6.07, 6.45) is 14.1. The molecule has 0 N–H and O–H groups in total. The van der Waals surface area contributed by atoms with Crippen LogP contribution in [0, 0.1) is 0 Å². The molecule has 0 aliphatic carbocycles. The van der Waals surface area contributed by atoms with Gasteiger partial charge >= 0.3 is 0 Å². The van der Waals surface area contributed by atoms with Gasteiger partial charge in [-0.25, -0.2) is 0 Å². The molecule has 0 unspecified atom stereocenters. The molecule has 0 radical (unpaired) electrons. The summed E-state index contributed by atoms with van der Waals surface area (Å²) in [5.74, 6) is 0. The maximum atomic E-state index is 2.46. The van der Waals surface area contributed by atoms with Crippen LogP contribution in [0.2, 0.25) is 0 Å². The Balaban J connectivity index is 2.86. The lowest BCUT2D eigenvalue weighted by Crippen LogP contribution is -1.78. The first-order valence-corrected chi connectivity index (χ1v) is 6.65. The highest BCUT2D eigenvalue weighted by Crippen LogP contribution is 2.06. The zero-order valence-corrected chi connectivity index (χ0v) is 10.3. The van der Waals surface area contributed by atoms with Crippen molar-refractivity contribution < 1.29 is 0 Å². The normalized spacial score (nSPS) is 11.2. The van der Waals surface area contributed by atoms with Crippen LogP contribution in [0.3, 0.4) is 0 Å². The molecule has 0 aliphatic rings. The lowest BCUT2D eigenvalue weighted by Gasteiger charge is -1.96. The first-order valence-electron chi connectivity index (χ1n) is 5.12. The van der Waals surface area contributed by atoms with Gasteiger partial charge in [0.1, 0.15) is 0 Å². The third-order valence-electron chi connectivity index (χ3n) is 1.91. The number of unbranched alkanes of at least 4 members (excludes halogenated alkanes) is 5. The van der Waals surface area contributed by atoms with Crippen LogP contribution >= 0.6 is 22.6 Å². The summed E-state index contributed by atoms with van der Waals surface area (Å²) in [6.45, 7) is 2.19. The Morgan fingerprint density at radius 3 is 2.25 bits per heavy atom. The first kappa shape index (κ1) is 12.5. The summed E-state index contributed by atoms with van der Waals surface area (Å²) >= 11 is 2.46. The van der Waals surface area contributed by atoms with Gasteiger partial charge in [-0.15, -0.1) is 0 Å². The number of allylic oxidation sites excluding steroid dienone is 2. The molecule has 0 aromatic rings. The minimum atomic E-state index is 1.19. The molecule has 0 rings (SSSR count). The van der Waals surface area contributed by atoms with Gasteiger partial charge in [0.2, 0.25) is 0 Å². The summed E-state index contributed by atoms with van der Waals surface area (Å²) < 4.78 is 1.33. The maximum Gasteiger partial charge on any atom is -0.000473 e. The number of alkyl halides is 1. The summed E-state index contributed by atoms with van der Waals surface area (Å²) in [5, 5.41) is 0. The molecular formula is C11H21I. The van der Waals surface area contributed by atoms with Crippen LogP contribution in [0.15, 0.2) is 12.2 Å². The van der Waals surface area contributed by atoms with Gasteiger partial charge in [0, 0.05) is 0 Å². The second kappa shape index (κ2) is 11.5. The van der Waals surface area contributed by atoms with Crippen molar-refractivity contribution in [3.63, 3.8) is 0 Å². The quantitative estimate of drug-likeness (QED) is 0.261. The van der Waals surface area contributed by atoms with E-state index in [2.05, 4.69) is 41.7 Å². The van der Waals surface area contributed by atoms with Crippen molar-refractivity contribution in [2.24, 2.45) is 0 Å². The van der Waals surface area contributed by atoms with Gasteiger partial charge in [0.05, 0.1) is 0 Å². The fourth-order valence-electron chi connectivity index (χ4n) is 1.17. The molecule has 72 valence electrons. The highest BCUT2D eigenvalue weighted by molar-refractivity contribution is 14.1. The van der Waals surface area contributed by atoms with E-state index in [0.717, 1.165) is 0 Å². The second-order valence-corrected chi connectivity index (χ2v) is 4.20. The van der Waals surface area contributed by atoms with Crippen molar-refractivity contribution in [1.82, 2.24) is 0 Å².